The molecule has 1 aromatic carbocycles. The molecular formula is C14H16F3NO2. The Morgan fingerprint density at radius 2 is 2.10 bits per heavy atom. The lowest BCUT2D eigenvalue weighted by atomic mass is 10.0. The molecule has 1 aromatic rings. The summed E-state index contributed by atoms with van der Waals surface area (Å²) in [6, 6.07) is 3.30. The molecule has 0 aliphatic rings. The first kappa shape index (κ1) is 16.2. The summed E-state index contributed by atoms with van der Waals surface area (Å²) in [7, 11) is 0. The van der Waals surface area contributed by atoms with Gasteiger partial charge in [-0.3, -0.25) is 9.53 Å². The van der Waals surface area contributed by atoms with Gasteiger partial charge in [-0.15, -0.1) is 13.2 Å². The quantitative estimate of drug-likeness (QED) is 0.852. The van der Waals surface area contributed by atoms with E-state index < -0.39 is 18.9 Å². The zero-order valence-corrected chi connectivity index (χ0v) is 11.3. The van der Waals surface area contributed by atoms with Gasteiger partial charge in [-0.1, -0.05) is 18.7 Å². The molecule has 0 aromatic heterocycles. The van der Waals surface area contributed by atoms with Gasteiger partial charge in [0.25, 0.3) is 5.91 Å². The summed E-state index contributed by atoms with van der Waals surface area (Å²) in [5.41, 5.74) is 1.16. The molecule has 0 saturated carbocycles. The summed E-state index contributed by atoms with van der Waals surface area (Å²) in [4.78, 5) is 11.9. The number of amides is 1. The Hall–Kier alpha value is -1.82. The first-order valence-electron chi connectivity index (χ1n) is 6.00. The zero-order chi connectivity index (χ0) is 15.3. The van der Waals surface area contributed by atoms with Gasteiger partial charge in [0, 0.05) is 12.1 Å². The number of rotatable bonds is 4. The second-order valence-corrected chi connectivity index (χ2v) is 4.15. The molecule has 1 N–H and O–H groups in total. The van der Waals surface area contributed by atoms with Gasteiger partial charge in [0.15, 0.2) is 0 Å². The van der Waals surface area contributed by atoms with E-state index in [0.29, 0.717) is 5.56 Å². The van der Waals surface area contributed by atoms with Gasteiger partial charge in [0.2, 0.25) is 0 Å². The molecule has 110 valence electrons. The molecule has 0 unspecified atom stereocenters. The number of ether oxygens (including phenoxy) is 1. The Balaban J connectivity index is 2.73. The summed E-state index contributed by atoms with van der Waals surface area (Å²) in [5.74, 6) is -0.434. The minimum atomic E-state index is -4.68. The Kier molecular flexibility index (Phi) is 5.33. The van der Waals surface area contributed by atoms with E-state index in [9.17, 15) is 18.0 Å². The molecular weight excluding hydrogens is 271 g/mol. The smallest absolute Gasteiger partial charge is 0.350 e. The predicted octanol–water partition coefficient (Wildman–Crippen LogP) is 1.47. The fraction of sp³-hybridized carbons (Fsp3) is 0.357. The molecule has 0 saturated heterocycles. The molecule has 0 aliphatic heterocycles. The van der Waals surface area contributed by atoms with Crippen LogP contribution in [-0.4, -0.2) is 25.4 Å². The van der Waals surface area contributed by atoms with Crippen LogP contribution >= 0.6 is 0 Å². The highest BCUT2D eigenvalue weighted by molar-refractivity contribution is 5.95. The molecule has 3 nitrogen and oxygen atoms in total. The van der Waals surface area contributed by atoms with Crippen molar-refractivity contribution in [1.82, 2.24) is 5.32 Å². The van der Waals surface area contributed by atoms with Crippen LogP contribution in [0.15, 0.2) is 12.1 Å². The summed E-state index contributed by atoms with van der Waals surface area (Å²) in [5, 5.41) is 4.03. The zero-order valence-electron chi connectivity index (χ0n) is 11.3. The van der Waals surface area contributed by atoms with Gasteiger partial charge < -0.3 is 5.32 Å². The fourth-order valence-electron chi connectivity index (χ4n) is 1.86. The Labute approximate surface area is 114 Å². The Morgan fingerprint density at radius 3 is 2.65 bits per heavy atom. The monoisotopic (exact) mass is 287 g/mol. The maximum atomic E-state index is 11.9. The molecule has 0 spiro atoms. The lowest BCUT2D eigenvalue weighted by molar-refractivity contribution is -0.323. The average Bonchev–Trinajstić information content (AvgIpc) is 2.34. The van der Waals surface area contributed by atoms with Crippen LogP contribution in [0, 0.1) is 6.92 Å². The molecule has 0 atom stereocenters. The minimum absolute atomic E-state index is 0.213. The van der Waals surface area contributed by atoms with Crippen LogP contribution in [0.1, 0.15) is 22.8 Å². The Morgan fingerprint density at radius 1 is 1.45 bits per heavy atom. The van der Waals surface area contributed by atoms with E-state index in [0.717, 1.165) is 16.0 Å². The Bertz CT molecular complexity index is 594. The van der Waals surface area contributed by atoms with Crippen molar-refractivity contribution >= 4 is 18.6 Å². The highest BCUT2D eigenvalue weighted by atomic mass is 19.4. The van der Waals surface area contributed by atoms with Crippen molar-refractivity contribution in [3.8, 4) is 0 Å². The van der Waals surface area contributed by atoms with Crippen molar-refractivity contribution in [2.24, 2.45) is 0 Å². The van der Waals surface area contributed by atoms with E-state index in [1.54, 1.807) is 19.1 Å². The minimum Gasteiger partial charge on any atom is -0.350 e. The van der Waals surface area contributed by atoms with Crippen molar-refractivity contribution in [2.45, 2.75) is 20.2 Å². The average molecular weight is 287 g/mol. The van der Waals surface area contributed by atoms with E-state index in [1.165, 1.54) is 0 Å². The van der Waals surface area contributed by atoms with Gasteiger partial charge in [-0.2, -0.15) is 0 Å². The summed E-state index contributed by atoms with van der Waals surface area (Å²) >= 11 is 0. The molecule has 0 radical (unpaired) electrons. The van der Waals surface area contributed by atoms with E-state index in [4.69, 9.17) is 0 Å². The molecule has 0 heterocycles. The SMILES string of the molecule is C=c1ccc(C(=O)NCCOC(F)(F)F)c(C)/c1=C/C. The highest BCUT2D eigenvalue weighted by Gasteiger charge is 2.28. The highest BCUT2D eigenvalue weighted by Crippen LogP contribution is 2.15. The third kappa shape index (κ3) is 4.38. The second kappa shape index (κ2) is 6.56. The van der Waals surface area contributed by atoms with Crippen molar-refractivity contribution in [3.05, 3.63) is 33.7 Å². The summed E-state index contributed by atoms with van der Waals surface area (Å²) in [6.45, 7) is 6.62. The van der Waals surface area contributed by atoms with E-state index in [-0.39, 0.29) is 6.54 Å². The third-order valence-electron chi connectivity index (χ3n) is 2.79. The molecule has 20 heavy (non-hydrogen) atoms. The summed E-state index contributed by atoms with van der Waals surface area (Å²) < 4.78 is 38.9. The molecule has 6 heteroatoms. The van der Waals surface area contributed by atoms with Gasteiger partial charge in [0.05, 0.1) is 6.61 Å². The summed E-state index contributed by atoms with van der Waals surface area (Å²) in [6.07, 6.45) is -2.85. The molecule has 0 aliphatic carbocycles. The van der Waals surface area contributed by atoms with E-state index in [1.807, 2.05) is 13.0 Å². The van der Waals surface area contributed by atoms with Crippen LogP contribution in [0.2, 0.25) is 0 Å². The van der Waals surface area contributed by atoms with Crippen LogP contribution < -0.4 is 15.8 Å². The number of hydrogen-bond acceptors (Lipinski definition) is 2. The fourth-order valence-corrected chi connectivity index (χ4v) is 1.86. The molecule has 0 fully saturated rings. The normalized spacial score (nSPS) is 12.6. The first-order valence-corrected chi connectivity index (χ1v) is 6.00. The van der Waals surface area contributed by atoms with Crippen molar-refractivity contribution in [1.29, 1.82) is 0 Å². The number of carbonyl (C=O) groups is 1. The van der Waals surface area contributed by atoms with Gasteiger partial charge >= 0.3 is 6.36 Å². The number of alkyl halides is 3. The van der Waals surface area contributed by atoms with Crippen LogP contribution in [0.3, 0.4) is 0 Å². The number of hydrogen-bond donors (Lipinski definition) is 1. The van der Waals surface area contributed by atoms with Crippen molar-refractivity contribution < 1.29 is 22.7 Å². The topological polar surface area (TPSA) is 38.3 Å². The van der Waals surface area contributed by atoms with Crippen LogP contribution in [0.5, 0.6) is 0 Å². The largest absolute Gasteiger partial charge is 0.522 e. The van der Waals surface area contributed by atoms with Gasteiger partial charge in [0.1, 0.15) is 0 Å². The molecule has 1 rings (SSSR count). The number of halogens is 3. The predicted molar refractivity (Wildman–Crippen MR) is 70.4 cm³/mol. The lowest BCUT2D eigenvalue weighted by Gasteiger charge is -2.10. The maximum Gasteiger partial charge on any atom is 0.522 e. The number of benzene rings is 1. The van der Waals surface area contributed by atoms with Crippen molar-refractivity contribution in [2.75, 3.05) is 13.2 Å². The van der Waals surface area contributed by atoms with E-state index in [2.05, 4.69) is 16.6 Å². The van der Waals surface area contributed by atoms with Gasteiger partial charge in [-0.05, 0) is 35.9 Å². The number of nitrogens with one attached hydrogen (secondary N) is 1. The molecule has 1 amide bonds. The lowest BCUT2D eigenvalue weighted by Crippen LogP contribution is -2.33. The molecule has 0 bridgehead atoms. The van der Waals surface area contributed by atoms with Crippen LogP contribution in [0.25, 0.3) is 12.7 Å². The standard InChI is InChI=1S/C14H16F3NO2/c1-4-11-9(2)5-6-12(10(11)3)13(19)18-7-8-20-14(15,16)17/h4-6H,2,7-8H2,1,3H3,(H,18,19)/b11-4+. The van der Waals surface area contributed by atoms with Crippen molar-refractivity contribution in [3.63, 3.8) is 0 Å². The van der Waals surface area contributed by atoms with Crippen LogP contribution in [0.4, 0.5) is 13.2 Å². The number of carbonyl (C=O) groups excluding carboxylic acids is 1. The first-order chi connectivity index (χ1) is 9.26. The second-order valence-electron chi connectivity index (χ2n) is 4.15. The van der Waals surface area contributed by atoms with Gasteiger partial charge in [-0.25, -0.2) is 0 Å². The third-order valence-corrected chi connectivity index (χ3v) is 2.79. The van der Waals surface area contributed by atoms with Crippen LogP contribution in [-0.2, 0) is 4.74 Å². The maximum absolute atomic E-state index is 11.9. The van der Waals surface area contributed by atoms with E-state index >= 15 is 0 Å².